The molecule has 1 aromatic heterocycles. The lowest BCUT2D eigenvalue weighted by molar-refractivity contribution is -0.385. The molecule has 0 atom stereocenters. The maximum atomic E-state index is 11.8. The van der Waals surface area contributed by atoms with Crippen LogP contribution in [0.1, 0.15) is 25.6 Å². The average molecular weight is 348 g/mol. The summed E-state index contributed by atoms with van der Waals surface area (Å²) in [5, 5.41) is 14.6. The zero-order valence-electron chi connectivity index (χ0n) is 12.5. The van der Waals surface area contributed by atoms with Gasteiger partial charge in [0, 0.05) is 11.6 Å². The van der Waals surface area contributed by atoms with E-state index in [0.717, 1.165) is 17.4 Å². The van der Waals surface area contributed by atoms with Crippen LogP contribution in [0.15, 0.2) is 35.7 Å². The lowest BCUT2D eigenvalue weighted by Gasteiger charge is -2.06. The number of thiophene rings is 1. The van der Waals surface area contributed by atoms with Gasteiger partial charge in [0.05, 0.1) is 15.4 Å². The van der Waals surface area contributed by atoms with Crippen molar-refractivity contribution in [3.63, 3.8) is 0 Å². The Morgan fingerprint density at radius 2 is 2.04 bits per heavy atom. The zero-order chi connectivity index (χ0) is 17.7. The number of aryl methyl sites for hydroxylation is 1. The normalized spacial score (nSPS) is 10.0. The van der Waals surface area contributed by atoms with Crippen molar-refractivity contribution in [2.75, 3.05) is 6.61 Å². The van der Waals surface area contributed by atoms with Crippen molar-refractivity contribution in [1.82, 2.24) is 5.32 Å². The molecule has 2 rings (SSSR count). The number of benzene rings is 1. The fourth-order valence-electron chi connectivity index (χ4n) is 1.78. The number of ether oxygens (including phenoxy) is 1. The van der Waals surface area contributed by atoms with Crippen LogP contribution >= 0.6 is 11.3 Å². The van der Waals surface area contributed by atoms with Gasteiger partial charge in [0.2, 0.25) is 0 Å². The Labute approximate surface area is 140 Å². The molecule has 24 heavy (non-hydrogen) atoms. The van der Waals surface area contributed by atoms with E-state index in [1.54, 1.807) is 17.5 Å². The fraction of sp³-hybridized carbons (Fsp3) is 0.133. The van der Waals surface area contributed by atoms with Gasteiger partial charge in [-0.2, -0.15) is 0 Å². The Morgan fingerprint density at radius 3 is 2.67 bits per heavy atom. The Bertz CT molecular complexity index is 800. The summed E-state index contributed by atoms with van der Waals surface area (Å²) in [6, 6.07) is 7.06. The molecule has 2 amide bonds. The second-order valence-corrected chi connectivity index (χ2v) is 5.64. The van der Waals surface area contributed by atoms with Crippen molar-refractivity contribution in [3.8, 4) is 0 Å². The highest BCUT2D eigenvalue weighted by Gasteiger charge is 2.18. The molecule has 9 heteroatoms. The Morgan fingerprint density at radius 1 is 1.29 bits per heavy atom. The molecule has 0 spiro atoms. The topological polar surface area (TPSA) is 116 Å². The first kappa shape index (κ1) is 17.3. The number of nitrogens with zero attached hydrogens (tertiary/aromatic N) is 1. The number of rotatable bonds is 5. The molecular weight excluding hydrogens is 336 g/mol. The summed E-state index contributed by atoms with van der Waals surface area (Å²) in [6.07, 6.45) is 0. The van der Waals surface area contributed by atoms with Crippen LogP contribution in [0.5, 0.6) is 0 Å². The minimum absolute atomic E-state index is 0.0512. The van der Waals surface area contributed by atoms with Crippen LogP contribution in [-0.4, -0.2) is 29.3 Å². The summed E-state index contributed by atoms with van der Waals surface area (Å²) in [5.74, 6) is -2.27. The summed E-state index contributed by atoms with van der Waals surface area (Å²) in [5.41, 5.74) is 0.127. The lowest BCUT2D eigenvalue weighted by Crippen LogP contribution is -2.33. The Hall–Kier alpha value is -3.07. The molecule has 1 heterocycles. The molecule has 0 aliphatic carbocycles. The van der Waals surface area contributed by atoms with Gasteiger partial charge in [-0.3, -0.25) is 25.0 Å². The third-order valence-corrected chi connectivity index (χ3v) is 3.84. The van der Waals surface area contributed by atoms with Gasteiger partial charge < -0.3 is 4.74 Å². The van der Waals surface area contributed by atoms with E-state index in [1.165, 1.54) is 19.1 Å². The first-order valence-electron chi connectivity index (χ1n) is 6.68. The third kappa shape index (κ3) is 4.23. The van der Waals surface area contributed by atoms with E-state index in [0.29, 0.717) is 10.4 Å². The van der Waals surface area contributed by atoms with Crippen molar-refractivity contribution in [3.05, 3.63) is 61.8 Å². The van der Waals surface area contributed by atoms with Crippen LogP contribution < -0.4 is 5.32 Å². The molecule has 124 valence electrons. The number of nitrogens with one attached hydrogen (secondary N) is 1. The highest BCUT2D eigenvalue weighted by Crippen LogP contribution is 2.19. The lowest BCUT2D eigenvalue weighted by atomic mass is 10.1. The van der Waals surface area contributed by atoms with E-state index in [4.69, 9.17) is 4.74 Å². The van der Waals surface area contributed by atoms with Gasteiger partial charge in [-0.05, 0) is 24.4 Å². The third-order valence-electron chi connectivity index (χ3n) is 2.97. The van der Waals surface area contributed by atoms with E-state index < -0.39 is 29.3 Å². The zero-order valence-corrected chi connectivity index (χ0v) is 13.3. The minimum atomic E-state index is -0.892. The van der Waals surface area contributed by atoms with Gasteiger partial charge >= 0.3 is 5.97 Å². The number of nitro benzene ring substituents is 1. The molecule has 0 saturated heterocycles. The smallest absolute Gasteiger partial charge is 0.338 e. The van der Waals surface area contributed by atoms with Crippen LogP contribution in [0.2, 0.25) is 0 Å². The van der Waals surface area contributed by atoms with Crippen LogP contribution in [-0.2, 0) is 9.53 Å². The summed E-state index contributed by atoms with van der Waals surface area (Å²) < 4.78 is 4.76. The molecule has 8 nitrogen and oxygen atoms in total. The van der Waals surface area contributed by atoms with E-state index >= 15 is 0 Å². The van der Waals surface area contributed by atoms with Crippen molar-refractivity contribution in [1.29, 1.82) is 0 Å². The van der Waals surface area contributed by atoms with Crippen molar-refractivity contribution in [2.24, 2.45) is 0 Å². The maximum Gasteiger partial charge on any atom is 0.338 e. The van der Waals surface area contributed by atoms with Gasteiger partial charge in [0.15, 0.2) is 6.61 Å². The molecule has 0 aliphatic heterocycles. The number of carbonyl (C=O) groups is 3. The van der Waals surface area contributed by atoms with Gasteiger partial charge in [-0.15, -0.1) is 11.3 Å². The molecule has 0 aliphatic rings. The number of nitro groups is 1. The van der Waals surface area contributed by atoms with Gasteiger partial charge in [0.25, 0.3) is 17.5 Å². The second kappa shape index (κ2) is 7.47. The number of esters is 1. The molecule has 1 N–H and O–H groups in total. The highest BCUT2D eigenvalue weighted by atomic mass is 32.1. The van der Waals surface area contributed by atoms with Crippen molar-refractivity contribution >= 4 is 34.8 Å². The standard InChI is InChI=1S/C15H12N2O6S/c1-9-4-5-10(7-11(9)17(21)22)15(20)23-8-13(18)16-14(19)12-3-2-6-24-12/h2-7H,8H2,1H3,(H,16,18,19). The number of hydrogen-bond donors (Lipinski definition) is 1. The number of hydrogen-bond acceptors (Lipinski definition) is 7. The van der Waals surface area contributed by atoms with Crippen LogP contribution in [0.3, 0.4) is 0 Å². The Kier molecular flexibility index (Phi) is 5.38. The second-order valence-electron chi connectivity index (χ2n) is 4.69. The van der Waals surface area contributed by atoms with Gasteiger partial charge in [-0.25, -0.2) is 4.79 Å². The van der Waals surface area contributed by atoms with Crippen molar-refractivity contribution in [2.45, 2.75) is 6.92 Å². The van der Waals surface area contributed by atoms with E-state index in [-0.39, 0.29) is 11.3 Å². The SMILES string of the molecule is Cc1ccc(C(=O)OCC(=O)NC(=O)c2cccs2)cc1[N+](=O)[O-]. The summed E-state index contributed by atoms with van der Waals surface area (Å²) >= 11 is 1.16. The van der Waals surface area contributed by atoms with Gasteiger partial charge in [-0.1, -0.05) is 12.1 Å². The van der Waals surface area contributed by atoms with Crippen LogP contribution in [0, 0.1) is 17.0 Å². The Balaban J connectivity index is 1.93. The number of amides is 2. The monoisotopic (exact) mass is 348 g/mol. The predicted molar refractivity (Wildman–Crippen MR) is 84.9 cm³/mol. The number of carbonyl (C=O) groups excluding carboxylic acids is 3. The molecule has 0 unspecified atom stereocenters. The summed E-state index contributed by atoms with van der Waals surface area (Å²) in [4.78, 5) is 45.7. The first-order chi connectivity index (χ1) is 11.4. The minimum Gasteiger partial charge on any atom is -0.452 e. The highest BCUT2D eigenvalue weighted by molar-refractivity contribution is 7.12. The van der Waals surface area contributed by atoms with Crippen LogP contribution in [0.4, 0.5) is 5.69 Å². The maximum absolute atomic E-state index is 11.8. The molecule has 2 aromatic rings. The predicted octanol–water partition coefficient (Wildman–Crippen LogP) is 2.08. The van der Waals surface area contributed by atoms with E-state index in [9.17, 15) is 24.5 Å². The number of imide groups is 1. The molecule has 1 aromatic carbocycles. The molecule has 0 radical (unpaired) electrons. The molecular formula is C15H12N2O6S. The fourth-order valence-corrected chi connectivity index (χ4v) is 2.40. The molecule has 0 fully saturated rings. The van der Waals surface area contributed by atoms with E-state index in [1.807, 2.05) is 0 Å². The molecule has 0 bridgehead atoms. The average Bonchev–Trinajstić information content (AvgIpc) is 3.07. The first-order valence-corrected chi connectivity index (χ1v) is 7.56. The summed E-state index contributed by atoms with van der Waals surface area (Å²) in [7, 11) is 0. The molecule has 0 saturated carbocycles. The summed E-state index contributed by atoms with van der Waals surface area (Å²) in [6.45, 7) is 0.870. The van der Waals surface area contributed by atoms with Crippen LogP contribution in [0.25, 0.3) is 0 Å². The van der Waals surface area contributed by atoms with Gasteiger partial charge in [0.1, 0.15) is 0 Å². The van der Waals surface area contributed by atoms with Crippen molar-refractivity contribution < 1.29 is 24.0 Å². The quantitative estimate of drug-likeness (QED) is 0.502. The largest absolute Gasteiger partial charge is 0.452 e. The van der Waals surface area contributed by atoms with E-state index in [2.05, 4.69) is 5.32 Å².